The number of carbonyl (C=O) groups excluding carboxylic acids is 1. The minimum atomic E-state index is -0.559. The van der Waals surface area contributed by atoms with Crippen molar-refractivity contribution in [3.63, 3.8) is 0 Å². The number of carbonyl (C=O) groups is 1. The van der Waals surface area contributed by atoms with E-state index in [-0.39, 0.29) is 19.8 Å². The summed E-state index contributed by atoms with van der Waals surface area (Å²) in [4.78, 5) is 12.2. The Morgan fingerprint density at radius 1 is 1.04 bits per heavy atom. The largest absolute Gasteiger partial charge is 0.491 e. The minimum absolute atomic E-state index is 0.0147. The molecule has 0 spiro atoms. The molecular formula is C19H23NO5. The summed E-state index contributed by atoms with van der Waals surface area (Å²) < 4.78 is 10.9. The Morgan fingerprint density at radius 2 is 1.84 bits per heavy atom. The van der Waals surface area contributed by atoms with Crippen LogP contribution in [0.25, 0.3) is 0 Å². The predicted molar refractivity (Wildman–Crippen MR) is 94.6 cm³/mol. The summed E-state index contributed by atoms with van der Waals surface area (Å²) in [5.41, 5.74) is 1.42. The number of hydrogen-bond donors (Lipinski definition) is 3. The number of anilines is 1. The fraction of sp³-hybridized carbons (Fsp3) is 0.316. The van der Waals surface area contributed by atoms with E-state index in [4.69, 9.17) is 19.7 Å². The van der Waals surface area contributed by atoms with Crippen LogP contribution in [0.15, 0.2) is 54.6 Å². The van der Waals surface area contributed by atoms with Gasteiger partial charge in [-0.05, 0) is 42.7 Å². The minimum Gasteiger partial charge on any atom is -0.491 e. The molecule has 0 saturated heterocycles. The smallest absolute Gasteiger partial charge is 0.412 e. The molecule has 6 nitrogen and oxygen atoms in total. The molecule has 0 aromatic heterocycles. The van der Waals surface area contributed by atoms with Crippen molar-refractivity contribution < 1.29 is 24.5 Å². The molecule has 0 unspecified atom stereocenters. The first kappa shape index (κ1) is 18.8. The third kappa shape index (κ3) is 6.45. The summed E-state index contributed by atoms with van der Waals surface area (Å²) in [5, 5.41) is 20.6. The van der Waals surface area contributed by atoms with Crippen molar-refractivity contribution in [3.8, 4) is 5.75 Å². The van der Waals surface area contributed by atoms with Gasteiger partial charge in [0.25, 0.3) is 0 Å². The Labute approximate surface area is 147 Å². The highest BCUT2D eigenvalue weighted by molar-refractivity contribution is 5.84. The second kappa shape index (κ2) is 10.3. The summed E-state index contributed by atoms with van der Waals surface area (Å²) >= 11 is 0. The number of para-hydroxylation sites is 1. The van der Waals surface area contributed by atoms with Crippen molar-refractivity contribution in [1.29, 1.82) is 0 Å². The van der Waals surface area contributed by atoms with E-state index in [1.807, 2.05) is 24.3 Å². The van der Waals surface area contributed by atoms with Gasteiger partial charge in [-0.15, -0.1) is 0 Å². The van der Waals surface area contributed by atoms with Gasteiger partial charge in [0, 0.05) is 12.3 Å². The maximum atomic E-state index is 12.2. The van der Waals surface area contributed by atoms with E-state index >= 15 is 0 Å². The number of aliphatic hydroxyl groups excluding tert-OH is 2. The first-order chi connectivity index (χ1) is 12.2. The molecule has 1 atom stereocenters. The number of amides is 1. The first-order valence-electron chi connectivity index (χ1n) is 8.20. The molecule has 2 aromatic carbocycles. The Bertz CT molecular complexity index is 647. The zero-order valence-electron chi connectivity index (χ0n) is 13.9. The van der Waals surface area contributed by atoms with Gasteiger partial charge in [0.1, 0.15) is 18.5 Å². The summed E-state index contributed by atoms with van der Waals surface area (Å²) in [7, 11) is 0. The molecule has 0 fully saturated rings. The van der Waals surface area contributed by atoms with Crippen LogP contribution in [0, 0.1) is 0 Å². The monoisotopic (exact) mass is 345 g/mol. The van der Waals surface area contributed by atoms with Crippen LogP contribution in [-0.2, 0) is 4.74 Å². The number of hydrogen-bond acceptors (Lipinski definition) is 5. The van der Waals surface area contributed by atoms with Gasteiger partial charge in [-0.25, -0.2) is 4.79 Å². The Kier molecular flexibility index (Phi) is 7.75. The zero-order valence-corrected chi connectivity index (χ0v) is 13.9. The van der Waals surface area contributed by atoms with Gasteiger partial charge < -0.3 is 19.7 Å². The number of benzene rings is 2. The number of rotatable bonds is 9. The molecule has 2 rings (SSSR count). The molecule has 2 aromatic rings. The summed E-state index contributed by atoms with van der Waals surface area (Å²) in [6, 6.07) is 16.2. The lowest BCUT2D eigenvalue weighted by atomic mass is 10.0. The maximum absolute atomic E-state index is 12.2. The summed E-state index contributed by atoms with van der Waals surface area (Å²) in [5.74, 6) is 0.590. The van der Waals surface area contributed by atoms with Gasteiger partial charge in [0.15, 0.2) is 0 Å². The third-order valence-corrected chi connectivity index (χ3v) is 3.48. The number of ether oxygens (including phenoxy) is 2. The second-order valence-corrected chi connectivity index (χ2v) is 5.40. The molecule has 3 N–H and O–H groups in total. The second-order valence-electron chi connectivity index (χ2n) is 5.40. The van der Waals surface area contributed by atoms with E-state index in [0.717, 1.165) is 5.56 Å². The predicted octanol–water partition coefficient (Wildman–Crippen LogP) is 3.12. The molecule has 0 radical (unpaired) electrons. The van der Waals surface area contributed by atoms with Gasteiger partial charge in [-0.1, -0.05) is 30.3 Å². The zero-order chi connectivity index (χ0) is 17.9. The summed E-state index contributed by atoms with van der Waals surface area (Å²) in [6.45, 7) is 0.134. The van der Waals surface area contributed by atoms with Crippen LogP contribution >= 0.6 is 0 Å². The average Bonchev–Trinajstić information content (AvgIpc) is 2.64. The molecule has 0 bridgehead atoms. The van der Waals surface area contributed by atoms with E-state index in [9.17, 15) is 4.79 Å². The van der Waals surface area contributed by atoms with Crippen LogP contribution in [0.2, 0.25) is 0 Å². The van der Waals surface area contributed by atoms with Crippen molar-refractivity contribution in [2.45, 2.75) is 18.9 Å². The highest BCUT2D eigenvalue weighted by Crippen LogP contribution is 2.26. The summed E-state index contributed by atoms with van der Waals surface area (Å²) in [6.07, 6.45) is -0.0722. The van der Waals surface area contributed by atoms with E-state index in [1.54, 1.807) is 30.3 Å². The fourth-order valence-electron chi connectivity index (χ4n) is 2.34. The topological polar surface area (TPSA) is 88.0 Å². The molecule has 6 heteroatoms. The molecule has 0 heterocycles. The molecule has 0 aliphatic heterocycles. The van der Waals surface area contributed by atoms with Crippen molar-refractivity contribution in [2.75, 3.05) is 25.1 Å². The SMILES string of the molecule is O=C(Nc1ccccc1)O[C@@H](CCCO)c1cccc(OCCO)c1. The van der Waals surface area contributed by atoms with Crippen molar-refractivity contribution >= 4 is 11.8 Å². The van der Waals surface area contributed by atoms with Gasteiger partial charge in [-0.2, -0.15) is 0 Å². The number of nitrogens with one attached hydrogen (secondary N) is 1. The quantitative estimate of drug-likeness (QED) is 0.650. The Hall–Kier alpha value is -2.57. The maximum Gasteiger partial charge on any atom is 0.412 e. The van der Waals surface area contributed by atoms with Crippen molar-refractivity contribution in [2.24, 2.45) is 0 Å². The highest BCUT2D eigenvalue weighted by atomic mass is 16.6. The van der Waals surface area contributed by atoms with Crippen LogP contribution < -0.4 is 10.1 Å². The van der Waals surface area contributed by atoms with Gasteiger partial charge in [0.05, 0.1) is 6.61 Å². The fourth-order valence-corrected chi connectivity index (χ4v) is 2.34. The van der Waals surface area contributed by atoms with E-state index in [2.05, 4.69) is 5.32 Å². The first-order valence-corrected chi connectivity index (χ1v) is 8.20. The Morgan fingerprint density at radius 3 is 2.56 bits per heavy atom. The van der Waals surface area contributed by atoms with Crippen molar-refractivity contribution in [3.05, 3.63) is 60.2 Å². The average molecular weight is 345 g/mol. The standard InChI is InChI=1S/C19H23NO5/c21-11-5-10-18(15-6-4-9-17(14-15)24-13-12-22)25-19(23)20-16-7-2-1-3-8-16/h1-4,6-9,14,18,21-22H,5,10-13H2,(H,20,23)/t18-/m0/s1. The molecule has 134 valence electrons. The molecule has 0 aliphatic carbocycles. The molecule has 1 amide bonds. The Balaban J connectivity index is 2.05. The van der Waals surface area contributed by atoms with Gasteiger partial charge >= 0.3 is 6.09 Å². The van der Waals surface area contributed by atoms with Crippen LogP contribution in [0.3, 0.4) is 0 Å². The van der Waals surface area contributed by atoms with Crippen LogP contribution in [0.1, 0.15) is 24.5 Å². The van der Waals surface area contributed by atoms with E-state index in [0.29, 0.717) is 24.3 Å². The van der Waals surface area contributed by atoms with E-state index in [1.165, 1.54) is 0 Å². The van der Waals surface area contributed by atoms with Crippen LogP contribution in [0.4, 0.5) is 10.5 Å². The van der Waals surface area contributed by atoms with E-state index < -0.39 is 12.2 Å². The lowest BCUT2D eigenvalue weighted by molar-refractivity contribution is 0.0992. The van der Waals surface area contributed by atoms with Crippen LogP contribution in [-0.4, -0.2) is 36.1 Å². The van der Waals surface area contributed by atoms with Gasteiger partial charge in [-0.3, -0.25) is 5.32 Å². The molecule has 25 heavy (non-hydrogen) atoms. The molecule has 0 aliphatic rings. The lowest BCUT2D eigenvalue weighted by Gasteiger charge is -2.19. The van der Waals surface area contributed by atoms with Gasteiger partial charge in [0.2, 0.25) is 0 Å². The highest BCUT2D eigenvalue weighted by Gasteiger charge is 2.17. The number of aliphatic hydroxyl groups is 2. The normalized spacial score (nSPS) is 11.6. The lowest BCUT2D eigenvalue weighted by Crippen LogP contribution is -2.18. The third-order valence-electron chi connectivity index (χ3n) is 3.48. The van der Waals surface area contributed by atoms with Crippen molar-refractivity contribution in [1.82, 2.24) is 0 Å². The van der Waals surface area contributed by atoms with Crippen LogP contribution in [0.5, 0.6) is 5.75 Å². The molecular weight excluding hydrogens is 322 g/mol. The molecule has 0 saturated carbocycles.